The van der Waals surface area contributed by atoms with Crippen LogP contribution in [-0.4, -0.2) is 49.3 Å². The molecule has 2 rings (SSSR count). The molecule has 0 aliphatic heterocycles. The lowest BCUT2D eigenvalue weighted by molar-refractivity contribution is 0.414. The second kappa shape index (κ2) is 10.2. The Hall–Kier alpha value is -1.73. The first-order valence-corrected chi connectivity index (χ1v) is 9.66. The van der Waals surface area contributed by atoms with Gasteiger partial charge in [0.25, 0.3) is 0 Å². The van der Waals surface area contributed by atoms with Crippen molar-refractivity contribution in [3.63, 3.8) is 0 Å². The minimum atomic E-state index is 0.803. The third kappa shape index (κ3) is 6.05. The van der Waals surface area contributed by atoms with Crippen LogP contribution in [0.5, 0.6) is 5.75 Å². The fourth-order valence-corrected chi connectivity index (χ4v) is 3.83. The Labute approximate surface area is 152 Å². The van der Waals surface area contributed by atoms with E-state index in [0.717, 1.165) is 41.3 Å². The van der Waals surface area contributed by atoms with Gasteiger partial charge in [0.05, 0.1) is 7.11 Å². The van der Waals surface area contributed by atoms with Gasteiger partial charge in [-0.1, -0.05) is 23.9 Å². The third-order valence-electron chi connectivity index (χ3n) is 3.39. The maximum Gasteiger partial charge on any atom is 0.193 e. The zero-order valence-electron chi connectivity index (χ0n) is 14.4. The summed E-state index contributed by atoms with van der Waals surface area (Å²) < 4.78 is 6.33. The Kier molecular flexibility index (Phi) is 7.91. The average Bonchev–Trinajstić information content (AvgIpc) is 3.12. The minimum Gasteiger partial charge on any atom is -0.497 e. The fraction of sp³-hybridized carbons (Fsp3) is 0.412. The highest BCUT2D eigenvalue weighted by atomic mass is 32.2. The highest BCUT2D eigenvalue weighted by Gasteiger charge is 2.06. The number of guanidine groups is 1. The SMILES string of the molecule is CN=C(NCCCSc1nccs1)N(C)Cc1ccc(OC)cc1. The van der Waals surface area contributed by atoms with Crippen molar-refractivity contribution < 1.29 is 4.74 Å². The van der Waals surface area contributed by atoms with E-state index in [2.05, 4.69) is 32.3 Å². The van der Waals surface area contributed by atoms with E-state index < -0.39 is 0 Å². The average molecular weight is 365 g/mol. The lowest BCUT2D eigenvalue weighted by Crippen LogP contribution is -2.39. The smallest absolute Gasteiger partial charge is 0.193 e. The molecular formula is C17H24N4OS2. The van der Waals surface area contributed by atoms with Crippen LogP contribution in [0.4, 0.5) is 0 Å². The molecule has 2 aromatic rings. The summed E-state index contributed by atoms with van der Waals surface area (Å²) in [5.74, 6) is 2.84. The highest BCUT2D eigenvalue weighted by molar-refractivity contribution is 8.00. The molecule has 0 amide bonds. The van der Waals surface area contributed by atoms with Crippen LogP contribution in [0.2, 0.25) is 0 Å². The molecule has 0 unspecified atom stereocenters. The Balaban J connectivity index is 1.71. The molecular weight excluding hydrogens is 340 g/mol. The fourth-order valence-electron chi connectivity index (χ4n) is 2.18. The Morgan fingerprint density at radius 2 is 2.17 bits per heavy atom. The summed E-state index contributed by atoms with van der Waals surface area (Å²) in [4.78, 5) is 10.7. The molecule has 1 heterocycles. The lowest BCUT2D eigenvalue weighted by Gasteiger charge is -2.22. The van der Waals surface area contributed by atoms with Gasteiger partial charge in [0, 0.05) is 44.5 Å². The summed E-state index contributed by atoms with van der Waals surface area (Å²) >= 11 is 3.49. The van der Waals surface area contributed by atoms with Crippen molar-refractivity contribution in [2.75, 3.05) is 33.5 Å². The van der Waals surface area contributed by atoms with Crippen LogP contribution >= 0.6 is 23.1 Å². The Morgan fingerprint density at radius 1 is 1.38 bits per heavy atom. The number of nitrogens with zero attached hydrogens (tertiary/aromatic N) is 3. The summed E-state index contributed by atoms with van der Waals surface area (Å²) in [6.07, 6.45) is 2.92. The van der Waals surface area contributed by atoms with E-state index in [0.29, 0.717) is 0 Å². The monoisotopic (exact) mass is 364 g/mol. The molecule has 24 heavy (non-hydrogen) atoms. The van der Waals surface area contributed by atoms with Crippen molar-refractivity contribution in [1.29, 1.82) is 0 Å². The largest absolute Gasteiger partial charge is 0.497 e. The molecule has 0 saturated heterocycles. The van der Waals surface area contributed by atoms with Crippen LogP contribution in [0, 0.1) is 0 Å². The summed E-state index contributed by atoms with van der Waals surface area (Å²) in [6.45, 7) is 1.70. The number of aliphatic imine (C=N–C) groups is 1. The predicted molar refractivity (Wildman–Crippen MR) is 103 cm³/mol. The van der Waals surface area contributed by atoms with Gasteiger partial charge < -0.3 is 15.0 Å². The molecule has 0 atom stereocenters. The first-order valence-electron chi connectivity index (χ1n) is 7.80. The van der Waals surface area contributed by atoms with Crippen LogP contribution in [0.15, 0.2) is 45.2 Å². The first kappa shape index (κ1) is 18.6. The molecule has 130 valence electrons. The van der Waals surface area contributed by atoms with E-state index in [1.165, 1.54) is 5.56 Å². The number of rotatable bonds is 8. The van der Waals surface area contributed by atoms with Gasteiger partial charge in [-0.25, -0.2) is 4.98 Å². The quantitative estimate of drug-likeness (QED) is 0.337. The third-order valence-corrected chi connectivity index (χ3v) is 5.44. The summed E-state index contributed by atoms with van der Waals surface area (Å²) in [5, 5.41) is 5.42. The van der Waals surface area contributed by atoms with Gasteiger partial charge in [-0.3, -0.25) is 4.99 Å². The van der Waals surface area contributed by atoms with E-state index in [-0.39, 0.29) is 0 Å². The van der Waals surface area contributed by atoms with E-state index in [1.54, 1.807) is 30.2 Å². The van der Waals surface area contributed by atoms with Crippen LogP contribution in [0.3, 0.4) is 0 Å². The Morgan fingerprint density at radius 3 is 2.79 bits per heavy atom. The van der Waals surface area contributed by atoms with Gasteiger partial charge in [-0.15, -0.1) is 11.3 Å². The van der Waals surface area contributed by atoms with E-state index in [9.17, 15) is 0 Å². The molecule has 5 nitrogen and oxygen atoms in total. The molecule has 0 saturated carbocycles. The normalized spacial score (nSPS) is 11.4. The molecule has 0 spiro atoms. The number of benzene rings is 1. The van der Waals surface area contributed by atoms with Crippen molar-refractivity contribution in [1.82, 2.24) is 15.2 Å². The van der Waals surface area contributed by atoms with Gasteiger partial charge >= 0.3 is 0 Å². The Bertz CT molecular complexity index is 614. The molecule has 1 aromatic heterocycles. The lowest BCUT2D eigenvalue weighted by atomic mass is 10.2. The highest BCUT2D eigenvalue weighted by Crippen LogP contribution is 2.20. The summed E-state index contributed by atoms with van der Waals surface area (Å²) in [6, 6.07) is 8.12. The van der Waals surface area contributed by atoms with Crippen molar-refractivity contribution in [2.24, 2.45) is 4.99 Å². The van der Waals surface area contributed by atoms with Crippen LogP contribution < -0.4 is 10.1 Å². The van der Waals surface area contributed by atoms with Gasteiger partial charge in [-0.2, -0.15) is 0 Å². The van der Waals surface area contributed by atoms with Crippen molar-refractivity contribution in [2.45, 2.75) is 17.3 Å². The number of nitrogens with one attached hydrogen (secondary N) is 1. The number of hydrogen-bond donors (Lipinski definition) is 1. The standard InChI is InChI=1S/C17H24N4OS2/c1-18-16(19-9-4-11-23-17-20-10-12-24-17)21(2)13-14-5-7-15(22-3)8-6-14/h5-8,10,12H,4,9,11,13H2,1-3H3,(H,18,19). The molecule has 0 aliphatic carbocycles. The van der Waals surface area contributed by atoms with E-state index in [1.807, 2.05) is 37.8 Å². The summed E-state index contributed by atoms with van der Waals surface area (Å²) in [5.41, 5.74) is 1.22. The molecule has 0 radical (unpaired) electrons. The van der Waals surface area contributed by atoms with Gasteiger partial charge in [-0.05, 0) is 24.1 Å². The van der Waals surface area contributed by atoms with Gasteiger partial charge in [0.15, 0.2) is 5.96 Å². The zero-order chi connectivity index (χ0) is 17.2. The molecule has 7 heteroatoms. The zero-order valence-corrected chi connectivity index (χ0v) is 16.0. The number of thioether (sulfide) groups is 1. The van der Waals surface area contributed by atoms with Crippen LogP contribution in [0.1, 0.15) is 12.0 Å². The van der Waals surface area contributed by atoms with Crippen molar-refractivity contribution >= 4 is 29.1 Å². The molecule has 0 aliphatic rings. The molecule has 1 aromatic carbocycles. The topological polar surface area (TPSA) is 49.8 Å². The number of thiazole rings is 1. The maximum absolute atomic E-state index is 5.19. The summed E-state index contributed by atoms with van der Waals surface area (Å²) in [7, 11) is 5.54. The maximum atomic E-state index is 5.19. The number of aromatic nitrogens is 1. The molecule has 0 bridgehead atoms. The van der Waals surface area contributed by atoms with Gasteiger partial charge in [0.2, 0.25) is 0 Å². The van der Waals surface area contributed by atoms with E-state index >= 15 is 0 Å². The number of methoxy groups -OCH3 is 1. The molecule has 0 fully saturated rings. The number of ether oxygens (including phenoxy) is 1. The van der Waals surface area contributed by atoms with E-state index in [4.69, 9.17) is 4.74 Å². The van der Waals surface area contributed by atoms with Gasteiger partial charge in [0.1, 0.15) is 10.1 Å². The predicted octanol–water partition coefficient (Wildman–Crippen LogP) is 3.34. The second-order valence-corrected chi connectivity index (χ2v) is 7.41. The second-order valence-electron chi connectivity index (χ2n) is 5.18. The molecule has 1 N–H and O–H groups in total. The first-order chi connectivity index (χ1) is 11.7. The minimum absolute atomic E-state index is 0.803. The van der Waals surface area contributed by atoms with Crippen LogP contribution in [-0.2, 0) is 6.54 Å². The van der Waals surface area contributed by atoms with Crippen molar-refractivity contribution in [3.05, 3.63) is 41.4 Å². The van der Waals surface area contributed by atoms with Crippen LogP contribution in [0.25, 0.3) is 0 Å². The number of hydrogen-bond acceptors (Lipinski definition) is 5. The van der Waals surface area contributed by atoms with Crippen molar-refractivity contribution in [3.8, 4) is 5.75 Å².